The SMILES string of the molecule is CCN(CC)c1ccc(NC(=O)c2ccnc(Nc3ccc(C)cc3)n2)c(C)c1. The van der Waals surface area contributed by atoms with Gasteiger partial charge in [-0.25, -0.2) is 9.97 Å². The molecule has 3 aromatic rings. The lowest BCUT2D eigenvalue weighted by Gasteiger charge is -2.22. The van der Waals surface area contributed by atoms with Gasteiger partial charge in [0.15, 0.2) is 0 Å². The molecule has 29 heavy (non-hydrogen) atoms. The molecule has 6 nitrogen and oxygen atoms in total. The molecule has 0 aliphatic heterocycles. The molecule has 2 aromatic carbocycles. The standard InChI is InChI=1S/C23H27N5O/c1-5-28(6-2)19-11-12-20(17(4)15-19)26-22(29)21-13-14-24-23(27-21)25-18-9-7-16(3)8-10-18/h7-15H,5-6H2,1-4H3,(H,26,29)(H,24,25,27). The molecule has 0 fully saturated rings. The largest absolute Gasteiger partial charge is 0.372 e. The first-order chi connectivity index (χ1) is 14.0. The van der Waals surface area contributed by atoms with Crippen molar-refractivity contribution in [2.75, 3.05) is 28.6 Å². The van der Waals surface area contributed by atoms with E-state index in [1.165, 1.54) is 5.56 Å². The van der Waals surface area contributed by atoms with Crippen molar-refractivity contribution < 1.29 is 4.79 Å². The molecular weight excluding hydrogens is 362 g/mol. The summed E-state index contributed by atoms with van der Waals surface area (Å²) in [4.78, 5) is 23.5. The van der Waals surface area contributed by atoms with E-state index in [0.717, 1.165) is 35.7 Å². The van der Waals surface area contributed by atoms with Crippen LogP contribution in [0.15, 0.2) is 54.7 Å². The summed E-state index contributed by atoms with van der Waals surface area (Å²) in [7, 11) is 0. The van der Waals surface area contributed by atoms with Gasteiger partial charge in [0.05, 0.1) is 0 Å². The van der Waals surface area contributed by atoms with Crippen molar-refractivity contribution in [2.24, 2.45) is 0 Å². The van der Waals surface area contributed by atoms with Gasteiger partial charge in [-0.2, -0.15) is 0 Å². The lowest BCUT2D eigenvalue weighted by molar-refractivity contribution is 0.102. The summed E-state index contributed by atoms with van der Waals surface area (Å²) in [6, 6.07) is 15.6. The molecule has 2 N–H and O–H groups in total. The van der Waals surface area contributed by atoms with Gasteiger partial charge in [-0.1, -0.05) is 17.7 Å². The van der Waals surface area contributed by atoms with Crippen LogP contribution in [0.25, 0.3) is 0 Å². The molecule has 6 heteroatoms. The van der Waals surface area contributed by atoms with Crippen LogP contribution in [0.5, 0.6) is 0 Å². The number of carbonyl (C=O) groups is 1. The van der Waals surface area contributed by atoms with Crippen molar-refractivity contribution in [3.8, 4) is 0 Å². The predicted octanol–water partition coefficient (Wildman–Crippen LogP) is 4.94. The summed E-state index contributed by atoms with van der Waals surface area (Å²) >= 11 is 0. The minimum atomic E-state index is -0.266. The molecule has 0 radical (unpaired) electrons. The summed E-state index contributed by atoms with van der Waals surface area (Å²) < 4.78 is 0. The normalized spacial score (nSPS) is 10.5. The molecule has 150 valence electrons. The van der Waals surface area contributed by atoms with Crippen LogP contribution < -0.4 is 15.5 Å². The van der Waals surface area contributed by atoms with Gasteiger partial charge >= 0.3 is 0 Å². The third-order valence-electron chi connectivity index (χ3n) is 4.78. The van der Waals surface area contributed by atoms with Gasteiger partial charge in [-0.15, -0.1) is 0 Å². The Bertz CT molecular complexity index is 981. The molecule has 0 spiro atoms. The summed E-state index contributed by atoms with van der Waals surface area (Å²) in [6.45, 7) is 10.2. The number of nitrogens with one attached hydrogen (secondary N) is 2. The Morgan fingerprint density at radius 1 is 1.00 bits per heavy atom. The monoisotopic (exact) mass is 389 g/mol. The maximum atomic E-state index is 12.7. The molecular formula is C23H27N5O. The van der Waals surface area contributed by atoms with Gasteiger partial charge in [0.1, 0.15) is 5.69 Å². The van der Waals surface area contributed by atoms with Gasteiger partial charge in [-0.3, -0.25) is 4.79 Å². The molecule has 1 amide bonds. The van der Waals surface area contributed by atoms with E-state index in [1.807, 2.05) is 50.2 Å². The van der Waals surface area contributed by atoms with E-state index in [4.69, 9.17) is 0 Å². The Labute approximate surface area is 172 Å². The number of hydrogen-bond acceptors (Lipinski definition) is 5. The van der Waals surface area contributed by atoms with Crippen LogP contribution >= 0.6 is 0 Å². The first-order valence-corrected chi connectivity index (χ1v) is 9.83. The molecule has 0 aliphatic carbocycles. The van der Waals surface area contributed by atoms with Crippen molar-refractivity contribution in [1.82, 2.24) is 9.97 Å². The summed E-state index contributed by atoms with van der Waals surface area (Å²) in [6.07, 6.45) is 1.58. The number of aryl methyl sites for hydroxylation is 2. The van der Waals surface area contributed by atoms with E-state index >= 15 is 0 Å². The van der Waals surface area contributed by atoms with Gasteiger partial charge in [0.2, 0.25) is 5.95 Å². The van der Waals surface area contributed by atoms with E-state index in [0.29, 0.717) is 11.6 Å². The number of amides is 1. The van der Waals surface area contributed by atoms with Crippen LogP contribution in [0.2, 0.25) is 0 Å². The topological polar surface area (TPSA) is 70.2 Å². The number of carbonyl (C=O) groups excluding carboxylic acids is 1. The fraction of sp³-hybridized carbons (Fsp3) is 0.261. The van der Waals surface area contributed by atoms with Crippen LogP contribution in [-0.4, -0.2) is 29.0 Å². The number of rotatable bonds is 7. The van der Waals surface area contributed by atoms with E-state index in [1.54, 1.807) is 12.3 Å². The lowest BCUT2D eigenvalue weighted by atomic mass is 10.1. The number of benzene rings is 2. The van der Waals surface area contributed by atoms with E-state index < -0.39 is 0 Å². The molecule has 0 saturated heterocycles. The van der Waals surface area contributed by atoms with Crippen molar-refractivity contribution in [1.29, 1.82) is 0 Å². The van der Waals surface area contributed by atoms with Crippen LogP contribution in [-0.2, 0) is 0 Å². The Morgan fingerprint density at radius 3 is 2.38 bits per heavy atom. The summed E-state index contributed by atoms with van der Waals surface area (Å²) in [5.74, 6) is 0.119. The van der Waals surface area contributed by atoms with Crippen LogP contribution in [0.1, 0.15) is 35.5 Å². The first kappa shape index (κ1) is 20.3. The van der Waals surface area contributed by atoms with E-state index in [9.17, 15) is 4.79 Å². The van der Waals surface area contributed by atoms with Crippen molar-refractivity contribution in [2.45, 2.75) is 27.7 Å². The molecule has 0 bridgehead atoms. The molecule has 3 rings (SSSR count). The second-order valence-corrected chi connectivity index (χ2v) is 6.88. The van der Waals surface area contributed by atoms with Crippen LogP contribution in [0, 0.1) is 13.8 Å². The molecule has 1 heterocycles. The average molecular weight is 390 g/mol. The molecule has 0 saturated carbocycles. The molecule has 0 unspecified atom stereocenters. The summed E-state index contributed by atoms with van der Waals surface area (Å²) in [5.41, 5.74) is 5.29. The average Bonchev–Trinajstić information content (AvgIpc) is 2.73. The van der Waals surface area contributed by atoms with Crippen molar-refractivity contribution in [3.63, 3.8) is 0 Å². The highest BCUT2D eigenvalue weighted by Crippen LogP contribution is 2.23. The lowest BCUT2D eigenvalue weighted by Crippen LogP contribution is -2.22. The highest BCUT2D eigenvalue weighted by molar-refractivity contribution is 6.03. The number of hydrogen-bond donors (Lipinski definition) is 2. The van der Waals surface area contributed by atoms with E-state index in [2.05, 4.69) is 45.4 Å². The second-order valence-electron chi connectivity index (χ2n) is 6.88. The highest BCUT2D eigenvalue weighted by Gasteiger charge is 2.12. The zero-order valence-electron chi connectivity index (χ0n) is 17.4. The van der Waals surface area contributed by atoms with Crippen LogP contribution in [0.4, 0.5) is 23.0 Å². The minimum absolute atomic E-state index is 0.266. The fourth-order valence-electron chi connectivity index (χ4n) is 3.07. The quantitative estimate of drug-likeness (QED) is 0.599. The van der Waals surface area contributed by atoms with Crippen molar-refractivity contribution >= 4 is 28.9 Å². The fourth-order valence-corrected chi connectivity index (χ4v) is 3.07. The maximum absolute atomic E-state index is 12.7. The minimum Gasteiger partial charge on any atom is -0.372 e. The third kappa shape index (κ3) is 5.10. The van der Waals surface area contributed by atoms with Crippen LogP contribution in [0.3, 0.4) is 0 Å². The number of anilines is 4. The van der Waals surface area contributed by atoms with E-state index in [-0.39, 0.29) is 5.91 Å². The Hall–Kier alpha value is -3.41. The molecule has 0 atom stereocenters. The van der Waals surface area contributed by atoms with Gasteiger partial charge in [-0.05, 0) is 69.7 Å². The zero-order valence-corrected chi connectivity index (χ0v) is 17.4. The van der Waals surface area contributed by atoms with Gasteiger partial charge in [0.25, 0.3) is 5.91 Å². The Balaban J connectivity index is 1.73. The third-order valence-corrected chi connectivity index (χ3v) is 4.78. The second kappa shape index (κ2) is 9.19. The van der Waals surface area contributed by atoms with Gasteiger partial charge in [0, 0.05) is 36.3 Å². The summed E-state index contributed by atoms with van der Waals surface area (Å²) in [5, 5.41) is 6.08. The molecule has 1 aromatic heterocycles. The highest BCUT2D eigenvalue weighted by atomic mass is 16.1. The Morgan fingerprint density at radius 2 is 1.72 bits per heavy atom. The number of aromatic nitrogens is 2. The zero-order chi connectivity index (χ0) is 20.8. The first-order valence-electron chi connectivity index (χ1n) is 9.83. The predicted molar refractivity (Wildman–Crippen MR) is 119 cm³/mol. The van der Waals surface area contributed by atoms with Crippen molar-refractivity contribution in [3.05, 3.63) is 71.5 Å². The molecule has 0 aliphatic rings. The Kier molecular flexibility index (Phi) is 6.44. The maximum Gasteiger partial charge on any atom is 0.274 e. The number of nitrogens with zero attached hydrogens (tertiary/aromatic N) is 3. The smallest absolute Gasteiger partial charge is 0.274 e. The van der Waals surface area contributed by atoms with Gasteiger partial charge < -0.3 is 15.5 Å².